The number of piperidine rings is 1. The summed E-state index contributed by atoms with van der Waals surface area (Å²) in [4.78, 5) is 38.7. The number of carbonyl (C=O) groups excluding carboxylic acids is 2. The first kappa shape index (κ1) is 15.0. The Morgan fingerprint density at radius 2 is 1.85 bits per heavy atom. The fourth-order valence-corrected chi connectivity index (χ4v) is 3.01. The standard InChI is InChI=1S/C14H22N2O4/c1-9(2)16-11(17)8-10(12(16)18)15-6-4-14(3,5-7-15)13(19)20/h9-10H,4-8H2,1-3H3,(H,19,20). The van der Waals surface area contributed by atoms with E-state index in [1.165, 1.54) is 4.90 Å². The molecule has 1 N–H and O–H groups in total. The van der Waals surface area contributed by atoms with Gasteiger partial charge in [-0.3, -0.25) is 24.2 Å². The molecule has 0 spiro atoms. The highest BCUT2D eigenvalue weighted by Crippen LogP contribution is 2.33. The van der Waals surface area contributed by atoms with E-state index in [1.54, 1.807) is 6.92 Å². The molecule has 2 fully saturated rings. The molecular weight excluding hydrogens is 260 g/mol. The lowest BCUT2D eigenvalue weighted by molar-refractivity contribution is -0.151. The van der Waals surface area contributed by atoms with Gasteiger partial charge in [0.25, 0.3) is 0 Å². The molecule has 2 aliphatic heterocycles. The predicted molar refractivity (Wildman–Crippen MR) is 71.9 cm³/mol. The van der Waals surface area contributed by atoms with Crippen molar-refractivity contribution < 1.29 is 19.5 Å². The predicted octanol–water partition coefficient (Wildman–Crippen LogP) is 0.709. The highest BCUT2D eigenvalue weighted by Gasteiger charge is 2.46. The number of nitrogens with zero attached hydrogens (tertiary/aromatic N) is 2. The Hall–Kier alpha value is -1.43. The molecule has 2 rings (SSSR count). The van der Waals surface area contributed by atoms with E-state index in [0.29, 0.717) is 25.9 Å². The van der Waals surface area contributed by atoms with Crippen LogP contribution >= 0.6 is 0 Å². The van der Waals surface area contributed by atoms with E-state index in [0.717, 1.165) is 0 Å². The normalized spacial score (nSPS) is 27.4. The van der Waals surface area contributed by atoms with Gasteiger partial charge in [0.15, 0.2) is 0 Å². The third-order valence-electron chi connectivity index (χ3n) is 4.53. The third kappa shape index (κ3) is 2.44. The Labute approximate surface area is 118 Å². The number of carbonyl (C=O) groups is 3. The summed E-state index contributed by atoms with van der Waals surface area (Å²) in [6.45, 7) is 6.51. The van der Waals surface area contributed by atoms with Crippen molar-refractivity contribution in [3.8, 4) is 0 Å². The molecular formula is C14H22N2O4. The molecule has 2 aliphatic rings. The maximum Gasteiger partial charge on any atom is 0.309 e. The average molecular weight is 282 g/mol. The highest BCUT2D eigenvalue weighted by molar-refractivity contribution is 6.05. The van der Waals surface area contributed by atoms with E-state index in [4.69, 9.17) is 0 Å². The quantitative estimate of drug-likeness (QED) is 0.771. The van der Waals surface area contributed by atoms with Gasteiger partial charge in [-0.15, -0.1) is 0 Å². The van der Waals surface area contributed by atoms with Crippen LogP contribution in [0.2, 0.25) is 0 Å². The van der Waals surface area contributed by atoms with Crippen molar-refractivity contribution >= 4 is 17.8 Å². The number of likely N-dealkylation sites (tertiary alicyclic amines) is 2. The largest absolute Gasteiger partial charge is 0.481 e. The molecule has 1 unspecified atom stereocenters. The summed E-state index contributed by atoms with van der Waals surface area (Å²) in [6, 6.07) is -0.516. The lowest BCUT2D eigenvalue weighted by atomic mass is 9.80. The van der Waals surface area contributed by atoms with Gasteiger partial charge in [-0.25, -0.2) is 0 Å². The smallest absolute Gasteiger partial charge is 0.309 e. The Kier molecular flexibility index (Phi) is 3.86. The molecule has 20 heavy (non-hydrogen) atoms. The average Bonchev–Trinajstić information content (AvgIpc) is 2.65. The van der Waals surface area contributed by atoms with Gasteiger partial charge in [-0.1, -0.05) is 0 Å². The Morgan fingerprint density at radius 1 is 1.30 bits per heavy atom. The summed E-state index contributed by atoms with van der Waals surface area (Å²) < 4.78 is 0. The third-order valence-corrected chi connectivity index (χ3v) is 4.53. The van der Waals surface area contributed by atoms with Gasteiger partial charge in [0.1, 0.15) is 0 Å². The van der Waals surface area contributed by atoms with Crippen molar-refractivity contribution in [1.82, 2.24) is 9.80 Å². The zero-order valence-electron chi connectivity index (χ0n) is 12.3. The van der Waals surface area contributed by atoms with Crippen molar-refractivity contribution in [1.29, 1.82) is 0 Å². The molecule has 112 valence electrons. The van der Waals surface area contributed by atoms with Crippen LogP contribution in [0.4, 0.5) is 0 Å². The molecule has 0 aliphatic carbocycles. The molecule has 6 heteroatoms. The lowest BCUT2D eigenvalue weighted by Crippen LogP contribution is -2.50. The van der Waals surface area contributed by atoms with Crippen LogP contribution in [0.1, 0.15) is 40.0 Å². The van der Waals surface area contributed by atoms with Crippen molar-refractivity contribution in [3.63, 3.8) is 0 Å². The number of imide groups is 1. The van der Waals surface area contributed by atoms with Crippen molar-refractivity contribution in [2.75, 3.05) is 13.1 Å². The van der Waals surface area contributed by atoms with Crippen LogP contribution in [-0.4, -0.2) is 57.9 Å². The maximum absolute atomic E-state index is 12.3. The second-order valence-electron chi connectivity index (χ2n) is 6.32. The lowest BCUT2D eigenvalue weighted by Gasteiger charge is -2.38. The second kappa shape index (κ2) is 5.16. The van der Waals surface area contributed by atoms with E-state index < -0.39 is 17.4 Å². The molecule has 0 aromatic carbocycles. The zero-order valence-corrected chi connectivity index (χ0v) is 12.3. The minimum Gasteiger partial charge on any atom is -0.481 e. The second-order valence-corrected chi connectivity index (χ2v) is 6.32. The van der Waals surface area contributed by atoms with Gasteiger partial charge in [0, 0.05) is 19.1 Å². The summed E-state index contributed by atoms with van der Waals surface area (Å²) in [7, 11) is 0. The van der Waals surface area contributed by atoms with Crippen LogP contribution in [0.15, 0.2) is 0 Å². The molecule has 0 saturated carbocycles. The number of carboxylic acids is 1. The van der Waals surface area contributed by atoms with E-state index >= 15 is 0 Å². The molecule has 6 nitrogen and oxygen atoms in total. The molecule has 1 atom stereocenters. The maximum atomic E-state index is 12.3. The Balaban J connectivity index is 2.04. The van der Waals surface area contributed by atoms with Gasteiger partial charge in [-0.2, -0.15) is 0 Å². The Morgan fingerprint density at radius 3 is 2.25 bits per heavy atom. The van der Waals surface area contributed by atoms with Crippen LogP contribution < -0.4 is 0 Å². The fraction of sp³-hybridized carbons (Fsp3) is 0.786. The first-order valence-electron chi connectivity index (χ1n) is 7.09. The molecule has 2 heterocycles. The molecule has 0 aromatic rings. The summed E-state index contributed by atoms with van der Waals surface area (Å²) in [5, 5.41) is 9.21. The summed E-state index contributed by atoms with van der Waals surface area (Å²) in [5.41, 5.74) is -0.708. The van der Waals surface area contributed by atoms with E-state index in [1.807, 2.05) is 18.7 Å². The van der Waals surface area contributed by atoms with E-state index in [-0.39, 0.29) is 24.3 Å². The van der Waals surface area contributed by atoms with Crippen LogP contribution in [0.25, 0.3) is 0 Å². The first-order valence-corrected chi connectivity index (χ1v) is 7.09. The molecule has 0 bridgehead atoms. The van der Waals surface area contributed by atoms with Crippen LogP contribution in [0.3, 0.4) is 0 Å². The summed E-state index contributed by atoms with van der Waals surface area (Å²) in [6.07, 6.45) is 1.25. The summed E-state index contributed by atoms with van der Waals surface area (Å²) in [5.74, 6) is -1.04. The highest BCUT2D eigenvalue weighted by atomic mass is 16.4. The van der Waals surface area contributed by atoms with Gasteiger partial charge >= 0.3 is 5.97 Å². The first-order chi connectivity index (χ1) is 9.26. The monoisotopic (exact) mass is 282 g/mol. The minimum atomic E-state index is -0.783. The number of amides is 2. The van der Waals surface area contributed by atoms with Gasteiger partial charge in [-0.05, 0) is 33.6 Å². The van der Waals surface area contributed by atoms with Gasteiger partial charge < -0.3 is 5.11 Å². The van der Waals surface area contributed by atoms with Gasteiger partial charge in [0.2, 0.25) is 11.8 Å². The minimum absolute atomic E-state index is 0.117. The Bertz CT molecular complexity index is 438. The SMILES string of the molecule is CC(C)N1C(=O)CC(N2CCC(C)(C(=O)O)CC2)C1=O. The molecule has 0 aromatic heterocycles. The molecule has 2 amide bonds. The summed E-state index contributed by atoms with van der Waals surface area (Å²) >= 11 is 0. The number of hydrogen-bond acceptors (Lipinski definition) is 4. The number of carboxylic acid groups (broad SMARTS) is 1. The van der Waals surface area contributed by atoms with Crippen molar-refractivity contribution in [2.45, 2.75) is 52.1 Å². The number of aliphatic carboxylic acids is 1. The molecule has 2 saturated heterocycles. The van der Waals surface area contributed by atoms with Gasteiger partial charge in [0.05, 0.1) is 17.9 Å². The van der Waals surface area contributed by atoms with E-state index in [2.05, 4.69) is 0 Å². The van der Waals surface area contributed by atoms with Crippen LogP contribution in [-0.2, 0) is 14.4 Å². The van der Waals surface area contributed by atoms with Crippen molar-refractivity contribution in [3.05, 3.63) is 0 Å². The zero-order chi connectivity index (χ0) is 15.1. The number of rotatable bonds is 3. The number of hydrogen-bond donors (Lipinski definition) is 1. The van der Waals surface area contributed by atoms with Crippen LogP contribution in [0.5, 0.6) is 0 Å². The topological polar surface area (TPSA) is 77.9 Å². The molecule has 0 radical (unpaired) electrons. The van der Waals surface area contributed by atoms with E-state index in [9.17, 15) is 19.5 Å². The van der Waals surface area contributed by atoms with Crippen molar-refractivity contribution in [2.24, 2.45) is 5.41 Å². The fourth-order valence-electron chi connectivity index (χ4n) is 3.01. The van der Waals surface area contributed by atoms with Crippen LogP contribution in [0, 0.1) is 5.41 Å².